The lowest BCUT2D eigenvalue weighted by Gasteiger charge is -2.33. The van der Waals surface area contributed by atoms with Crippen LogP contribution in [0.4, 0.5) is 9.59 Å². The summed E-state index contributed by atoms with van der Waals surface area (Å²) in [4.78, 5) is 35.9. The molecule has 4 aliphatic rings. The van der Waals surface area contributed by atoms with E-state index < -0.39 is 16.6 Å². The molecule has 1 aromatic rings. The van der Waals surface area contributed by atoms with Gasteiger partial charge < -0.3 is 19.3 Å². The van der Waals surface area contributed by atoms with E-state index in [2.05, 4.69) is 16.0 Å². The summed E-state index contributed by atoms with van der Waals surface area (Å²) in [5.74, 6) is 0.915. The Morgan fingerprint density at radius 3 is 2.08 bits per heavy atom. The van der Waals surface area contributed by atoms with E-state index in [4.69, 9.17) is 17.8 Å². The maximum atomic E-state index is 12.2. The number of carbonyl (C=O) groups excluding carboxylic acids is 2. The number of carbonyl (C=O) groups is 2. The van der Waals surface area contributed by atoms with E-state index in [1.54, 1.807) is 28.3 Å². The van der Waals surface area contributed by atoms with Crippen molar-refractivity contribution in [3.8, 4) is 6.07 Å². The first-order chi connectivity index (χ1) is 17.8. The fourth-order valence-electron chi connectivity index (χ4n) is 5.13. The number of amides is 2. The summed E-state index contributed by atoms with van der Waals surface area (Å²) in [6, 6.07) is 4.16. The summed E-state index contributed by atoms with van der Waals surface area (Å²) in [6.45, 7) is 13.5. The van der Waals surface area contributed by atoms with Crippen molar-refractivity contribution in [1.29, 1.82) is 5.26 Å². The van der Waals surface area contributed by atoms with Gasteiger partial charge >= 0.3 is 12.2 Å². The molecule has 11 nitrogen and oxygen atoms in total. The van der Waals surface area contributed by atoms with Gasteiger partial charge in [-0.05, 0) is 66.4 Å². The molecule has 0 radical (unpaired) electrons. The van der Waals surface area contributed by atoms with Gasteiger partial charge in [0.05, 0.1) is 12.6 Å². The Hall–Kier alpha value is -2.62. The summed E-state index contributed by atoms with van der Waals surface area (Å²) in [7, 11) is 0. The number of likely N-dealkylation sites (tertiary alicyclic amines) is 2. The monoisotopic (exact) mass is 547 g/mol. The molecular formula is C26H37N5O6S. The predicted molar refractivity (Wildman–Crippen MR) is 138 cm³/mol. The topological polar surface area (TPSA) is 127 Å². The zero-order chi connectivity index (χ0) is 27.7. The largest absolute Gasteiger partial charge is 0.444 e. The lowest BCUT2D eigenvalue weighted by Crippen LogP contribution is -2.49. The van der Waals surface area contributed by atoms with Crippen LogP contribution < -0.4 is 0 Å². The Labute approximate surface area is 228 Å². The molecular weight excluding hydrogens is 510 g/mol. The molecule has 3 aliphatic heterocycles. The van der Waals surface area contributed by atoms with Crippen LogP contribution in [0.5, 0.6) is 0 Å². The number of rotatable bonds is 1. The molecule has 208 valence electrons. The summed E-state index contributed by atoms with van der Waals surface area (Å²) in [6.07, 6.45) is 4.43. The van der Waals surface area contributed by atoms with Crippen molar-refractivity contribution in [1.82, 2.24) is 19.8 Å². The third kappa shape index (κ3) is 6.33. The van der Waals surface area contributed by atoms with Gasteiger partial charge in [-0.2, -0.15) is 5.26 Å². The van der Waals surface area contributed by atoms with Gasteiger partial charge in [-0.15, -0.1) is 0 Å². The SMILES string of the molecule is CC(C)(C)OC(=O)N1CCC2C(C1)C2(C#N)c1ncccn1.CC(C)(C)OC(=O)N1CCC2OSOC2C1. The average Bonchev–Trinajstić information content (AvgIpc) is 3.26. The van der Waals surface area contributed by atoms with Crippen LogP contribution in [0, 0.1) is 23.2 Å². The first-order valence-corrected chi connectivity index (χ1v) is 13.6. The molecule has 0 N–H and O–H groups in total. The van der Waals surface area contributed by atoms with Crippen molar-refractivity contribution in [3.05, 3.63) is 24.3 Å². The third-order valence-electron chi connectivity index (χ3n) is 6.92. The molecule has 5 atom stereocenters. The lowest BCUT2D eigenvalue weighted by molar-refractivity contribution is -0.000758. The molecule has 12 heteroatoms. The van der Waals surface area contributed by atoms with Gasteiger partial charge in [0.15, 0.2) is 12.3 Å². The molecule has 5 rings (SSSR count). The predicted octanol–water partition coefficient (Wildman–Crippen LogP) is 4.10. The van der Waals surface area contributed by atoms with E-state index in [1.165, 1.54) is 0 Å². The van der Waals surface area contributed by atoms with E-state index in [0.717, 1.165) is 25.2 Å². The molecule has 3 saturated heterocycles. The summed E-state index contributed by atoms with van der Waals surface area (Å²) in [5, 5.41) is 9.69. The Bertz CT molecular complexity index is 1050. The second kappa shape index (κ2) is 10.9. The van der Waals surface area contributed by atoms with Gasteiger partial charge in [-0.25, -0.2) is 19.6 Å². The van der Waals surface area contributed by atoms with Gasteiger partial charge in [0, 0.05) is 37.9 Å². The summed E-state index contributed by atoms with van der Waals surface area (Å²) < 4.78 is 21.3. The highest BCUT2D eigenvalue weighted by Gasteiger charge is 2.70. The average molecular weight is 548 g/mol. The van der Waals surface area contributed by atoms with E-state index in [-0.39, 0.29) is 36.2 Å². The molecule has 4 fully saturated rings. The van der Waals surface area contributed by atoms with Crippen LogP contribution in [0.2, 0.25) is 0 Å². The lowest BCUT2D eigenvalue weighted by atomic mass is 10.0. The third-order valence-corrected chi connectivity index (χ3v) is 7.57. The fourth-order valence-corrected chi connectivity index (χ4v) is 5.78. The van der Waals surface area contributed by atoms with Crippen molar-refractivity contribution in [3.63, 3.8) is 0 Å². The number of ether oxygens (including phenoxy) is 2. The molecule has 38 heavy (non-hydrogen) atoms. The standard InChI is InChI=1S/C16H20N4O2.C10H17NO4S/c1-15(2,3)22-14(21)20-8-5-11-12(9-20)16(11,10-17)13-18-6-4-7-19-13;1-10(2,3)13-9(12)11-5-4-7-8(6-11)15-16-14-7/h4,6-7,11-12H,5,8-9H2,1-3H3;7-8H,4-6H2,1-3H3. The van der Waals surface area contributed by atoms with Crippen LogP contribution in [0.3, 0.4) is 0 Å². The molecule has 2 amide bonds. The molecule has 1 aromatic heterocycles. The van der Waals surface area contributed by atoms with Crippen molar-refractivity contribution >= 4 is 24.5 Å². The van der Waals surface area contributed by atoms with Crippen LogP contribution in [0.25, 0.3) is 0 Å². The number of piperidine rings is 2. The number of fused-ring (bicyclic) bond motifs is 2. The van der Waals surface area contributed by atoms with Crippen molar-refractivity contribution in [2.24, 2.45) is 11.8 Å². The van der Waals surface area contributed by atoms with Gasteiger partial charge in [0.1, 0.15) is 34.6 Å². The smallest absolute Gasteiger partial charge is 0.410 e. The van der Waals surface area contributed by atoms with Crippen LogP contribution in [-0.4, -0.2) is 81.5 Å². The second-order valence-corrected chi connectivity index (χ2v) is 12.6. The van der Waals surface area contributed by atoms with E-state index in [9.17, 15) is 14.9 Å². The van der Waals surface area contributed by atoms with E-state index >= 15 is 0 Å². The zero-order valence-corrected chi connectivity index (χ0v) is 23.7. The Kier molecular flexibility index (Phi) is 8.12. The van der Waals surface area contributed by atoms with Crippen LogP contribution in [0.1, 0.15) is 60.2 Å². The Balaban J connectivity index is 0.000000186. The molecule has 0 spiro atoms. The minimum Gasteiger partial charge on any atom is -0.444 e. The highest BCUT2D eigenvalue weighted by Crippen LogP contribution is 2.62. The van der Waals surface area contributed by atoms with Gasteiger partial charge in [0.2, 0.25) is 0 Å². The molecule has 1 aliphatic carbocycles. The normalized spacial score (nSPS) is 30.1. The number of hydrogen-bond acceptors (Lipinski definition) is 10. The van der Waals surface area contributed by atoms with Crippen molar-refractivity contribution in [2.75, 3.05) is 26.2 Å². The number of hydrogen-bond donors (Lipinski definition) is 0. The van der Waals surface area contributed by atoms with Crippen LogP contribution in [0.15, 0.2) is 18.5 Å². The van der Waals surface area contributed by atoms with E-state index in [0.29, 0.717) is 32.0 Å². The molecule has 1 saturated carbocycles. The van der Waals surface area contributed by atoms with Gasteiger partial charge in [0.25, 0.3) is 0 Å². The van der Waals surface area contributed by atoms with E-state index in [1.807, 2.05) is 41.5 Å². The Morgan fingerprint density at radius 2 is 1.50 bits per heavy atom. The molecule has 5 unspecified atom stereocenters. The maximum Gasteiger partial charge on any atom is 0.410 e. The quantitative estimate of drug-likeness (QED) is 0.474. The first-order valence-electron chi connectivity index (χ1n) is 13.0. The summed E-state index contributed by atoms with van der Waals surface area (Å²) in [5.41, 5.74) is -1.60. The number of aromatic nitrogens is 2. The van der Waals surface area contributed by atoms with Crippen LogP contribution in [-0.2, 0) is 23.3 Å². The Morgan fingerprint density at radius 1 is 0.947 bits per heavy atom. The van der Waals surface area contributed by atoms with Crippen LogP contribution >= 0.6 is 12.3 Å². The molecule has 0 aromatic carbocycles. The second-order valence-electron chi connectivity index (χ2n) is 12.0. The number of nitrogens with zero attached hydrogens (tertiary/aromatic N) is 5. The zero-order valence-electron chi connectivity index (χ0n) is 22.9. The molecule has 0 bridgehead atoms. The van der Waals surface area contributed by atoms with Gasteiger partial charge in [-0.1, -0.05) is 0 Å². The highest BCUT2D eigenvalue weighted by molar-refractivity contribution is 7.90. The minimum absolute atomic E-state index is 0.0220. The summed E-state index contributed by atoms with van der Waals surface area (Å²) >= 11 is 1.03. The van der Waals surface area contributed by atoms with Crippen molar-refractivity contribution in [2.45, 2.75) is 83.2 Å². The highest BCUT2D eigenvalue weighted by atomic mass is 32.2. The maximum absolute atomic E-state index is 12.2. The van der Waals surface area contributed by atoms with Crippen molar-refractivity contribution < 1.29 is 27.4 Å². The minimum atomic E-state index is -0.641. The number of nitriles is 1. The first kappa shape index (κ1) is 28.4. The fraction of sp³-hybridized carbons (Fsp3) is 0.731. The van der Waals surface area contributed by atoms with Gasteiger partial charge in [-0.3, -0.25) is 8.37 Å². The molecule has 4 heterocycles.